The Morgan fingerprint density at radius 2 is 0.833 bits per heavy atom. The predicted molar refractivity (Wildman–Crippen MR) is 250 cm³/mol. The van der Waals surface area contributed by atoms with E-state index < -0.39 is 0 Å². The van der Waals surface area contributed by atoms with E-state index in [0.29, 0.717) is 17.5 Å². The predicted octanol–water partition coefficient (Wildman–Crippen LogP) is 15.3. The Kier molecular flexibility index (Phi) is 8.00. The number of hydrogen-bond acceptors (Lipinski definition) is 5. The Morgan fingerprint density at radius 1 is 0.300 bits per heavy atom. The summed E-state index contributed by atoms with van der Waals surface area (Å²) >= 11 is 1.87. The highest BCUT2D eigenvalue weighted by Crippen LogP contribution is 2.46. The molecular formula is C55H33N3OS. The molecule has 0 aliphatic carbocycles. The van der Waals surface area contributed by atoms with Crippen LogP contribution in [0.3, 0.4) is 0 Å². The van der Waals surface area contributed by atoms with Crippen LogP contribution in [-0.4, -0.2) is 15.0 Å². The molecule has 3 aromatic heterocycles. The SMILES string of the molecule is c1ccc(-c2ccc(-c3nc(-c4cc(-c5cccc6c5sc5c(-c7ccccc7)cccc56)c5ccccc5c4)nc(-c4ccc5c(c4)oc4ccccc45)n3)cc2)cc1. The molecule has 0 radical (unpaired) electrons. The van der Waals surface area contributed by atoms with Crippen LogP contribution in [0.1, 0.15) is 0 Å². The Balaban J connectivity index is 1.06. The minimum Gasteiger partial charge on any atom is -0.456 e. The molecule has 9 aromatic carbocycles. The molecule has 5 heteroatoms. The first-order valence-corrected chi connectivity index (χ1v) is 20.9. The molecule has 0 saturated carbocycles. The largest absolute Gasteiger partial charge is 0.456 e. The fourth-order valence-corrected chi connectivity index (χ4v) is 9.97. The molecule has 0 N–H and O–H groups in total. The van der Waals surface area contributed by atoms with Crippen molar-refractivity contribution in [3.63, 3.8) is 0 Å². The van der Waals surface area contributed by atoms with Gasteiger partial charge in [0.2, 0.25) is 0 Å². The van der Waals surface area contributed by atoms with Crippen molar-refractivity contribution in [3.05, 3.63) is 200 Å². The van der Waals surface area contributed by atoms with E-state index in [9.17, 15) is 0 Å². The van der Waals surface area contributed by atoms with E-state index in [-0.39, 0.29) is 0 Å². The minimum absolute atomic E-state index is 0.583. The van der Waals surface area contributed by atoms with Crippen LogP contribution in [0.4, 0.5) is 0 Å². The summed E-state index contributed by atoms with van der Waals surface area (Å²) in [7, 11) is 0. The number of fused-ring (bicyclic) bond motifs is 7. The van der Waals surface area contributed by atoms with Gasteiger partial charge in [-0.05, 0) is 68.9 Å². The van der Waals surface area contributed by atoms with Gasteiger partial charge in [-0.15, -0.1) is 11.3 Å². The first-order chi connectivity index (χ1) is 29.7. The third-order valence-corrected chi connectivity index (χ3v) is 12.8. The van der Waals surface area contributed by atoms with Crippen LogP contribution in [0.25, 0.3) is 120 Å². The highest BCUT2D eigenvalue weighted by atomic mass is 32.1. The number of rotatable bonds is 6. The van der Waals surface area contributed by atoms with Crippen molar-refractivity contribution in [2.75, 3.05) is 0 Å². The molecule has 0 fully saturated rings. The second-order valence-electron chi connectivity index (χ2n) is 15.1. The second-order valence-corrected chi connectivity index (χ2v) is 16.2. The summed E-state index contributed by atoms with van der Waals surface area (Å²) in [5.74, 6) is 1.79. The van der Waals surface area contributed by atoms with Gasteiger partial charge in [0.15, 0.2) is 17.5 Å². The molecule has 0 unspecified atom stereocenters. The van der Waals surface area contributed by atoms with Gasteiger partial charge in [-0.2, -0.15) is 0 Å². The summed E-state index contributed by atoms with van der Waals surface area (Å²) in [4.78, 5) is 15.6. The van der Waals surface area contributed by atoms with Crippen molar-refractivity contribution in [1.82, 2.24) is 15.0 Å². The van der Waals surface area contributed by atoms with E-state index in [1.807, 2.05) is 35.6 Å². The number of para-hydroxylation sites is 1. The highest BCUT2D eigenvalue weighted by molar-refractivity contribution is 7.26. The maximum absolute atomic E-state index is 6.33. The number of benzene rings is 9. The lowest BCUT2D eigenvalue weighted by Gasteiger charge is -2.13. The van der Waals surface area contributed by atoms with Crippen molar-refractivity contribution < 1.29 is 4.42 Å². The molecule has 3 heterocycles. The Labute approximate surface area is 349 Å². The smallest absolute Gasteiger partial charge is 0.164 e. The molecule has 12 aromatic rings. The number of hydrogen-bond donors (Lipinski definition) is 0. The number of nitrogens with zero attached hydrogens (tertiary/aromatic N) is 3. The van der Waals surface area contributed by atoms with Gasteiger partial charge >= 0.3 is 0 Å². The molecule has 60 heavy (non-hydrogen) atoms. The minimum atomic E-state index is 0.583. The van der Waals surface area contributed by atoms with Gasteiger partial charge in [0.1, 0.15) is 11.2 Å². The molecule has 0 aliphatic rings. The van der Waals surface area contributed by atoms with Crippen molar-refractivity contribution in [1.29, 1.82) is 0 Å². The van der Waals surface area contributed by atoms with Crippen molar-refractivity contribution in [3.8, 4) is 67.5 Å². The van der Waals surface area contributed by atoms with E-state index >= 15 is 0 Å². The summed E-state index contributed by atoms with van der Waals surface area (Å²) in [5.41, 5.74) is 11.4. The molecule has 12 rings (SSSR count). The first-order valence-electron chi connectivity index (χ1n) is 20.1. The zero-order valence-corrected chi connectivity index (χ0v) is 33.0. The van der Waals surface area contributed by atoms with E-state index in [2.05, 4.69) is 176 Å². The molecule has 0 amide bonds. The summed E-state index contributed by atoms with van der Waals surface area (Å²) in [6.45, 7) is 0. The fraction of sp³-hybridized carbons (Fsp3) is 0. The molecule has 0 spiro atoms. The maximum Gasteiger partial charge on any atom is 0.164 e. The van der Waals surface area contributed by atoms with Gasteiger partial charge in [0.05, 0.1) is 0 Å². The van der Waals surface area contributed by atoms with Crippen LogP contribution in [0.5, 0.6) is 0 Å². The van der Waals surface area contributed by atoms with Gasteiger partial charge < -0.3 is 4.42 Å². The number of aromatic nitrogens is 3. The summed E-state index contributed by atoms with van der Waals surface area (Å²) in [6.07, 6.45) is 0. The second kappa shape index (κ2) is 14.0. The average Bonchev–Trinajstić information content (AvgIpc) is 3.90. The molecule has 0 saturated heterocycles. The van der Waals surface area contributed by atoms with Crippen LogP contribution in [0.2, 0.25) is 0 Å². The fourth-order valence-electron chi connectivity index (χ4n) is 8.61. The van der Waals surface area contributed by atoms with Gasteiger partial charge in [-0.1, -0.05) is 170 Å². The van der Waals surface area contributed by atoms with E-state index in [1.165, 1.54) is 42.2 Å². The summed E-state index contributed by atoms with van der Waals surface area (Å²) < 4.78 is 8.88. The van der Waals surface area contributed by atoms with Crippen molar-refractivity contribution in [2.24, 2.45) is 0 Å². The lowest BCUT2D eigenvalue weighted by Crippen LogP contribution is -2.00. The monoisotopic (exact) mass is 783 g/mol. The Bertz CT molecular complexity index is 3590. The molecule has 0 bridgehead atoms. The quantitative estimate of drug-likeness (QED) is 0.169. The molecule has 280 valence electrons. The number of thiophene rings is 1. The van der Waals surface area contributed by atoms with E-state index in [0.717, 1.165) is 60.7 Å². The van der Waals surface area contributed by atoms with E-state index in [4.69, 9.17) is 19.4 Å². The van der Waals surface area contributed by atoms with Gasteiger partial charge in [-0.3, -0.25) is 0 Å². The third-order valence-electron chi connectivity index (χ3n) is 11.5. The van der Waals surface area contributed by atoms with Crippen molar-refractivity contribution >= 4 is 64.2 Å². The average molecular weight is 784 g/mol. The Morgan fingerprint density at radius 3 is 1.60 bits per heavy atom. The zero-order valence-electron chi connectivity index (χ0n) is 32.2. The lowest BCUT2D eigenvalue weighted by atomic mass is 9.94. The molecule has 4 nitrogen and oxygen atoms in total. The number of furan rings is 1. The first kappa shape index (κ1) is 34.3. The van der Waals surface area contributed by atoms with Crippen molar-refractivity contribution in [2.45, 2.75) is 0 Å². The topological polar surface area (TPSA) is 51.8 Å². The van der Waals surface area contributed by atoms with Gasteiger partial charge in [-0.25, -0.2) is 15.0 Å². The van der Waals surface area contributed by atoms with Crippen LogP contribution >= 0.6 is 11.3 Å². The summed E-state index contributed by atoms with van der Waals surface area (Å²) in [5, 5.41) is 6.96. The van der Waals surface area contributed by atoms with Gasteiger partial charge in [0.25, 0.3) is 0 Å². The van der Waals surface area contributed by atoms with Gasteiger partial charge in [0, 0.05) is 53.2 Å². The van der Waals surface area contributed by atoms with Crippen LogP contribution < -0.4 is 0 Å². The molecule has 0 atom stereocenters. The zero-order chi connectivity index (χ0) is 39.6. The van der Waals surface area contributed by atoms with Crippen LogP contribution in [0.15, 0.2) is 205 Å². The third kappa shape index (κ3) is 5.78. The van der Waals surface area contributed by atoms with E-state index in [1.54, 1.807) is 0 Å². The summed E-state index contributed by atoms with van der Waals surface area (Å²) in [6, 6.07) is 70.4. The highest BCUT2D eigenvalue weighted by Gasteiger charge is 2.19. The van der Waals surface area contributed by atoms with Crippen LogP contribution in [-0.2, 0) is 0 Å². The maximum atomic E-state index is 6.33. The van der Waals surface area contributed by atoms with Crippen LogP contribution in [0, 0.1) is 0 Å². The normalized spacial score (nSPS) is 11.7. The molecular weight excluding hydrogens is 751 g/mol. The standard InChI is InChI=1S/C55H33N3OS/c1-3-13-34(14-4-1)35-25-27-37(28-26-35)53-56-54(39-29-30-44-43-19-9-10-24-49(43)59-50(44)33-39)58-55(57-53)40-31-38-17-7-8-18-41(38)48(32-40)47-23-12-22-46-45-21-11-20-42(51(45)60-52(46)47)36-15-5-2-6-16-36/h1-33H. The lowest BCUT2D eigenvalue weighted by molar-refractivity contribution is 0.669. The molecule has 0 aliphatic heterocycles. The Hall–Kier alpha value is -7.73.